The molecule has 2 rings (SSSR count). The highest BCUT2D eigenvalue weighted by Gasteiger charge is 2.37. The molecule has 8 nitrogen and oxygen atoms in total. The third-order valence-electron chi connectivity index (χ3n) is 2.37. The van der Waals surface area contributed by atoms with Gasteiger partial charge in [-0.25, -0.2) is 4.79 Å². The topological polar surface area (TPSA) is 105 Å². The number of aromatic nitrogens is 2. The summed E-state index contributed by atoms with van der Waals surface area (Å²) in [6.45, 7) is 2.92. The van der Waals surface area contributed by atoms with Crippen LogP contribution in [0.5, 0.6) is 0 Å². The van der Waals surface area contributed by atoms with Gasteiger partial charge in [-0.3, -0.25) is 19.8 Å². The van der Waals surface area contributed by atoms with E-state index in [1.807, 2.05) is 0 Å². The van der Waals surface area contributed by atoms with Crippen LogP contribution in [-0.4, -0.2) is 32.9 Å². The molecule has 0 aliphatic carbocycles. The number of barbiturate groups is 1. The predicted octanol–water partition coefficient (Wildman–Crippen LogP) is -0.407. The van der Waals surface area contributed by atoms with Gasteiger partial charge >= 0.3 is 6.03 Å². The number of hydrogen-bond donors (Lipinski definition) is 1. The molecule has 1 aliphatic rings. The van der Waals surface area contributed by atoms with Crippen molar-refractivity contribution in [3.63, 3.8) is 0 Å². The summed E-state index contributed by atoms with van der Waals surface area (Å²) < 4.78 is 4.73. The van der Waals surface area contributed by atoms with Crippen LogP contribution in [0.4, 0.5) is 4.79 Å². The Balaban J connectivity index is 2.17. The number of nitrogens with zero attached hydrogens (tertiary/aromatic N) is 3. The third kappa shape index (κ3) is 2.01. The first kappa shape index (κ1) is 11.2. The van der Waals surface area contributed by atoms with Gasteiger partial charge in [0.1, 0.15) is 5.92 Å². The molecule has 0 radical (unpaired) electrons. The van der Waals surface area contributed by atoms with Crippen LogP contribution in [0, 0.1) is 12.8 Å². The maximum atomic E-state index is 11.7. The van der Waals surface area contributed by atoms with E-state index in [1.54, 1.807) is 6.92 Å². The number of carbonyl (C=O) groups excluding carboxylic acids is 3. The van der Waals surface area contributed by atoms with Crippen molar-refractivity contribution in [2.45, 2.75) is 20.4 Å². The van der Waals surface area contributed by atoms with E-state index >= 15 is 0 Å². The van der Waals surface area contributed by atoms with Crippen LogP contribution < -0.4 is 5.32 Å². The molecule has 1 fully saturated rings. The molecule has 0 aromatic carbocycles. The van der Waals surface area contributed by atoms with Crippen molar-refractivity contribution in [1.29, 1.82) is 0 Å². The summed E-state index contributed by atoms with van der Waals surface area (Å²) in [5.74, 6) is -1.50. The lowest BCUT2D eigenvalue weighted by molar-refractivity contribution is -0.142. The smallest absolute Gasteiger partial charge is 0.331 e. The maximum Gasteiger partial charge on any atom is 0.331 e. The highest BCUT2D eigenvalue weighted by atomic mass is 16.5. The van der Waals surface area contributed by atoms with Gasteiger partial charge in [0, 0.05) is 6.92 Å². The molecule has 1 saturated heterocycles. The summed E-state index contributed by atoms with van der Waals surface area (Å²) in [6.07, 6.45) is 0. The highest BCUT2D eigenvalue weighted by Crippen LogP contribution is 2.12. The van der Waals surface area contributed by atoms with Gasteiger partial charge in [0.2, 0.25) is 17.7 Å². The van der Waals surface area contributed by atoms with Crippen molar-refractivity contribution in [3.05, 3.63) is 11.7 Å². The summed E-state index contributed by atoms with van der Waals surface area (Å²) >= 11 is 0. The second-order valence-corrected chi connectivity index (χ2v) is 3.67. The lowest BCUT2D eigenvalue weighted by Gasteiger charge is -2.27. The van der Waals surface area contributed by atoms with Crippen molar-refractivity contribution in [2.75, 3.05) is 0 Å². The van der Waals surface area contributed by atoms with Crippen LogP contribution in [0.3, 0.4) is 0 Å². The minimum Gasteiger partial charge on any atom is -0.340 e. The minimum atomic E-state index is -0.888. The lowest BCUT2D eigenvalue weighted by atomic mass is 10.1. The molecule has 2 heterocycles. The average Bonchev–Trinajstić information content (AvgIpc) is 2.67. The Labute approximate surface area is 96.0 Å². The van der Waals surface area contributed by atoms with Crippen molar-refractivity contribution in [3.8, 4) is 0 Å². The van der Waals surface area contributed by atoms with E-state index in [-0.39, 0.29) is 12.4 Å². The number of nitrogens with one attached hydrogen (secondary N) is 1. The quantitative estimate of drug-likeness (QED) is 0.702. The zero-order chi connectivity index (χ0) is 12.6. The Bertz CT molecular complexity index is 495. The maximum absolute atomic E-state index is 11.7. The third-order valence-corrected chi connectivity index (χ3v) is 2.37. The SMILES string of the molecule is Cc1nc(CN2C(=O)NC(=O)C(C)C2=O)no1. The van der Waals surface area contributed by atoms with E-state index in [0.717, 1.165) is 4.90 Å². The standard InChI is InChI=1S/C9H10N4O4/c1-4-7(14)11-9(16)13(8(4)15)3-6-10-5(2)17-12-6/h4H,3H2,1-2H3,(H,11,14,16). The van der Waals surface area contributed by atoms with Gasteiger partial charge in [-0.1, -0.05) is 5.16 Å². The van der Waals surface area contributed by atoms with Crippen LogP contribution in [0.2, 0.25) is 0 Å². The highest BCUT2D eigenvalue weighted by molar-refractivity contribution is 6.15. The van der Waals surface area contributed by atoms with Crippen molar-refractivity contribution in [1.82, 2.24) is 20.4 Å². The molecule has 0 spiro atoms. The molecule has 1 aliphatic heterocycles. The predicted molar refractivity (Wildman–Crippen MR) is 52.3 cm³/mol. The molecular weight excluding hydrogens is 228 g/mol. The molecule has 0 saturated carbocycles. The first-order valence-electron chi connectivity index (χ1n) is 4.94. The summed E-state index contributed by atoms with van der Waals surface area (Å²) in [5.41, 5.74) is 0. The number of urea groups is 1. The largest absolute Gasteiger partial charge is 0.340 e. The van der Waals surface area contributed by atoms with Crippen LogP contribution in [0.15, 0.2) is 4.52 Å². The summed E-state index contributed by atoms with van der Waals surface area (Å²) in [6, 6.07) is -0.763. The fourth-order valence-corrected chi connectivity index (χ4v) is 1.42. The van der Waals surface area contributed by atoms with Gasteiger partial charge in [0.25, 0.3) is 0 Å². The first-order valence-corrected chi connectivity index (χ1v) is 4.94. The van der Waals surface area contributed by atoms with Crippen molar-refractivity contribution >= 4 is 17.8 Å². The molecule has 4 amide bonds. The van der Waals surface area contributed by atoms with Gasteiger partial charge in [-0.05, 0) is 6.92 Å². The molecule has 1 aromatic heterocycles. The fourth-order valence-electron chi connectivity index (χ4n) is 1.42. The Morgan fingerprint density at radius 2 is 2.12 bits per heavy atom. The molecule has 90 valence electrons. The zero-order valence-corrected chi connectivity index (χ0v) is 9.26. The minimum absolute atomic E-state index is 0.111. The average molecular weight is 238 g/mol. The Morgan fingerprint density at radius 3 is 2.71 bits per heavy atom. The Morgan fingerprint density at radius 1 is 1.41 bits per heavy atom. The molecule has 1 unspecified atom stereocenters. The van der Waals surface area contributed by atoms with E-state index in [9.17, 15) is 14.4 Å². The van der Waals surface area contributed by atoms with Gasteiger partial charge < -0.3 is 4.52 Å². The second kappa shape index (κ2) is 3.96. The molecule has 17 heavy (non-hydrogen) atoms. The number of imide groups is 2. The fraction of sp³-hybridized carbons (Fsp3) is 0.444. The molecular formula is C9H10N4O4. The van der Waals surface area contributed by atoms with Gasteiger partial charge in [0.05, 0.1) is 6.54 Å². The normalized spacial score (nSPS) is 20.7. The van der Waals surface area contributed by atoms with Gasteiger partial charge in [-0.2, -0.15) is 4.98 Å². The molecule has 1 aromatic rings. The second-order valence-electron chi connectivity index (χ2n) is 3.67. The number of aryl methyl sites for hydroxylation is 1. The zero-order valence-electron chi connectivity index (χ0n) is 9.26. The molecule has 8 heteroatoms. The number of rotatable bonds is 2. The number of amides is 4. The van der Waals surface area contributed by atoms with Gasteiger partial charge in [0.15, 0.2) is 5.82 Å². The monoisotopic (exact) mass is 238 g/mol. The molecule has 0 bridgehead atoms. The van der Waals surface area contributed by atoms with Crippen LogP contribution in [0.25, 0.3) is 0 Å². The lowest BCUT2D eigenvalue weighted by Crippen LogP contribution is -2.56. The van der Waals surface area contributed by atoms with E-state index in [1.165, 1.54) is 6.92 Å². The number of hydrogen-bond acceptors (Lipinski definition) is 6. The first-order chi connectivity index (χ1) is 7.99. The number of carbonyl (C=O) groups is 3. The molecule has 1 N–H and O–H groups in total. The Kier molecular flexibility index (Phi) is 2.62. The van der Waals surface area contributed by atoms with Crippen LogP contribution >= 0.6 is 0 Å². The van der Waals surface area contributed by atoms with Crippen LogP contribution in [0.1, 0.15) is 18.6 Å². The van der Waals surface area contributed by atoms with E-state index in [2.05, 4.69) is 15.5 Å². The van der Waals surface area contributed by atoms with E-state index in [4.69, 9.17) is 4.52 Å². The summed E-state index contributed by atoms with van der Waals surface area (Å²) in [4.78, 5) is 39.1. The Hall–Kier alpha value is -2.25. The van der Waals surface area contributed by atoms with Crippen molar-refractivity contribution in [2.24, 2.45) is 5.92 Å². The van der Waals surface area contributed by atoms with Gasteiger partial charge in [-0.15, -0.1) is 0 Å². The van der Waals surface area contributed by atoms with E-state index in [0.29, 0.717) is 5.89 Å². The van der Waals surface area contributed by atoms with Crippen LogP contribution in [-0.2, 0) is 16.1 Å². The molecule has 1 atom stereocenters. The van der Waals surface area contributed by atoms with E-state index < -0.39 is 23.8 Å². The summed E-state index contributed by atoms with van der Waals surface area (Å²) in [7, 11) is 0. The van der Waals surface area contributed by atoms with Crippen molar-refractivity contribution < 1.29 is 18.9 Å². The summed E-state index contributed by atoms with van der Waals surface area (Å²) in [5, 5.41) is 5.66.